The number of anilines is 1. The van der Waals surface area contributed by atoms with Crippen LogP contribution in [-0.4, -0.2) is 43.4 Å². The van der Waals surface area contributed by atoms with Crippen molar-refractivity contribution in [1.29, 1.82) is 0 Å². The zero-order chi connectivity index (χ0) is 17.6. The highest BCUT2D eigenvalue weighted by Crippen LogP contribution is 2.27. The highest BCUT2D eigenvalue weighted by atomic mass is 32.2. The lowest BCUT2D eigenvalue weighted by Crippen LogP contribution is -2.52. The molecule has 2 aliphatic rings. The third kappa shape index (κ3) is 3.02. The lowest BCUT2D eigenvalue weighted by molar-refractivity contribution is 0.390. The van der Waals surface area contributed by atoms with E-state index in [2.05, 4.69) is 31.0 Å². The van der Waals surface area contributed by atoms with Gasteiger partial charge in [0.15, 0.2) is 11.6 Å². The molecule has 1 fully saturated rings. The first-order chi connectivity index (χ1) is 11.9. The topological polar surface area (TPSA) is 101 Å². The minimum atomic E-state index is -3.59. The molecular formula is C16H21N5O3S. The highest BCUT2D eigenvalue weighted by molar-refractivity contribution is 7.89. The number of fused-ring (bicyclic) bond motifs is 1. The second kappa shape index (κ2) is 6.06. The smallest absolute Gasteiger partial charge is 0.245 e. The minimum Gasteiger partial charge on any atom is -0.360 e. The van der Waals surface area contributed by atoms with Crippen LogP contribution in [0.25, 0.3) is 0 Å². The van der Waals surface area contributed by atoms with Crippen molar-refractivity contribution < 1.29 is 12.9 Å². The van der Waals surface area contributed by atoms with E-state index in [4.69, 9.17) is 4.52 Å². The molecule has 134 valence electrons. The quantitative estimate of drug-likeness (QED) is 0.845. The maximum absolute atomic E-state index is 12.4. The van der Waals surface area contributed by atoms with E-state index in [0.717, 1.165) is 43.9 Å². The van der Waals surface area contributed by atoms with Crippen molar-refractivity contribution in [2.75, 3.05) is 24.5 Å². The number of nitrogens with one attached hydrogen (secondary N) is 1. The predicted molar refractivity (Wildman–Crippen MR) is 90.9 cm³/mol. The van der Waals surface area contributed by atoms with Gasteiger partial charge in [0, 0.05) is 25.6 Å². The molecule has 2 aromatic heterocycles. The number of hydrogen-bond acceptors (Lipinski definition) is 7. The molecule has 9 heteroatoms. The number of sulfonamides is 1. The van der Waals surface area contributed by atoms with Crippen LogP contribution in [-0.2, 0) is 22.9 Å². The summed E-state index contributed by atoms with van der Waals surface area (Å²) in [4.78, 5) is 2.29. The zero-order valence-corrected chi connectivity index (χ0v) is 15.1. The van der Waals surface area contributed by atoms with Gasteiger partial charge in [0.1, 0.15) is 10.6 Å². The van der Waals surface area contributed by atoms with E-state index in [0.29, 0.717) is 18.0 Å². The fourth-order valence-electron chi connectivity index (χ4n) is 3.52. The van der Waals surface area contributed by atoms with Gasteiger partial charge in [-0.25, -0.2) is 13.1 Å². The average Bonchev–Trinajstić information content (AvgIpc) is 3.11. The molecule has 0 unspecified atom stereocenters. The Morgan fingerprint density at radius 1 is 1.28 bits per heavy atom. The Kier molecular flexibility index (Phi) is 3.99. The van der Waals surface area contributed by atoms with Crippen molar-refractivity contribution >= 4 is 15.8 Å². The Morgan fingerprint density at radius 3 is 2.80 bits per heavy atom. The average molecular weight is 363 g/mol. The van der Waals surface area contributed by atoms with Gasteiger partial charge >= 0.3 is 0 Å². The first kappa shape index (κ1) is 16.5. The van der Waals surface area contributed by atoms with Crippen LogP contribution >= 0.6 is 0 Å². The number of nitrogens with zero attached hydrogens (tertiary/aromatic N) is 4. The molecule has 0 bridgehead atoms. The summed E-state index contributed by atoms with van der Waals surface area (Å²) in [5.41, 5.74) is 2.80. The third-order valence-corrected chi connectivity index (χ3v) is 6.55. The SMILES string of the molecule is Cc1noc(C)c1S(=O)(=O)NCC1CN(c2cc3c(nn2)CCC3)C1. The maximum atomic E-state index is 12.4. The van der Waals surface area contributed by atoms with Gasteiger partial charge in [-0.3, -0.25) is 0 Å². The van der Waals surface area contributed by atoms with Crippen LogP contribution in [0.1, 0.15) is 29.1 Å². The van der Waals surface area contributed by atoms with E-state index in [1.165, 1.54) is 5.56 Å². The summed E-state index contributed by atoms with van der Waals surface area (Å²) in [5.74, 6) is 1.46. The van der Waals surface area contributed by atoms with Crippen molar-refractivity contribution in [1.82, 2.24) is 20.1 Å². The van der Waals surface area contributed by atoms with E-state index in [1.807, 2.05) is 0 Å². The van der Waals surface area contributed by atoms with Gasteiger partial charge in [0.25, 0.3) is 0 Å². The van der Waals surface area contributed by atoms with Crippen LogP contribution in [0.5, 0.6) is 0 Å². The molecule has 0 saturated carbocycles. The number of hydrogen-bond donors (Lipinski definition) is 1. The first-order valence-electron chi connectivity index (χ1n) is 8.47. The van der Waals surface area contributed by atoms with Crippen LogP contribution in [0.2, 0.25) is 0 Å². The molecule has 4 rings (SSSR count). The number of rotatable bonds is 5. The lowest BCUT2D eigenvalue weighted by Gasteiger charge is -2.40. The molecule has 25 heavy (non-hydrogen) atoms. The predicted octanol–water partition coefficient (Wildman–Crippen LogP) is 0.985. The van der Waals surface area contributed by atoms with Crippen molar-refractivity contribution in [3.05, 3.63) is 28.8 Å². The molecule has 0 atom stereocenters. The van der Waals surface area contributed by atoms with Crippen LogP contribution in [0, 0.1) is 19.8 Å². The molecule has 1 saturated heterocycles. The Balaban J connectivity index is 1.34. The molecule has 1 aliphatic heterocycles. The summed E-state index contributed by atoms with van der Waals surface area (Å²) in [7, 11) is -3.59. The molecule has 0 radical (unpaired) electrons. The summed E-state index contributed by atoms with van der Waals surface area (Å²) < 4.78 is 32.4. The van der Waals surface area contributed by atoms with Crippen LogP contribution in [0.4, 0.5) is 5.82 Å². The van der Waals surface area contributed by atoms with Crippen LogP contribution in [0.3, 0.4) is 0 Å². The number of aryl methyl sites for hydroxylation is 4. The van der Waals surface area contributed by atoms with Crippen molar-refractivity contribution in [3.8, 4) is 0 Å². The standard InChI is InChI=1S/C16H21N5O3S/c1-10-16(11(2)24-20-10)25(22,23)17-7-12-8-21(9-12)15-6-13-4-3-5-14(13)18-19-15/h6,12,17H,3-5,7-9H2,1-2H3. The fraction of sp³-hybridized carbons (Fsp3) is 0.562. The molecule has 8 nitrogen and oxygen atoms in total. The van der Waals surface area contributed by atoms with Gasteiger partial charge in [0.2, 0.25) is 10.0 Å². The largest absolute Gasteiger partial charge is 0.360 e. The zero-order valence-electron chi connectivity index (χ0n) is 14.3. The first-order valence-corrected chi connectivity index (χ1v) is 9.95. The summed E-state index contributed by atoms with van der Waals surface area (Å²) in [6, 6.07) is 2.12. The molecule has 1 N–H and O–H groups in total. The summed E-state index contributed by atoms with van der Waals surface area (Å²) in [6.45, 7) is 5.17. The monoisotopic (exact) mass is 363 g/mol. The normalized spacial score (nSPS) is 17.6. The van der Waals surface area contributed by atoms with E-state index in [1.54, 1.807) is 13.8 Å². The molecule has 0 amide bonds. The molecule has 1 aliphatic carbocycles. The van der Waals surface area contributed by atoms with Gasteiger partial charge in [-0.05, 0) is 44.7 Å². The Labute approximate surface area is 146 Å². The third-order valence-electron chi connectivity index (χ3n) is 4.89. The van der Waals surface area contributed by atoms with Gasteiger partial charge < -0.3 is 9.42 Å². The van der Waals surface area contributed by atoms with Gasteiger partial charge in [0.05, 0.1) is 5.69 Å². The molecular weight excluding hydrogens is 342 g/mol. The highest BCUT2D eigenvalue weighted by Gasteiger charge is 2.31. The van der Waals surface area contributed by atoms with Crippen molar-refractivity contribution in [3.63, 3.8) is 0 Å². The molecule has 0 aromatic carbocycles. The van der Waals surface area contributed by atoms with E-state index in [9.17, 15) is 8.42 Å². The van der Waals surface area contributed by atoms with Gasteiger partial charge in [-0.15, -0.1) is 5.10 Å². The molecule has 3 heterocycles. The lowest BCUT2D eigenvalue weighted by atomic mass is 10.0. The summed E-state index contributed by atoms with van der Waals surface area (Å²) in [6.07, 6.45) is 3.25. The Hall–Kier alpha value is -2.00. The van der Waals surface area contributed by atoms with Gasteiger partial charge in [-0.1, -0.05) is 5.16 Å². The van der Waals surface area contributed by atoms with Gasteiger partial charge in [-0.2, -0.15) is 5.10 Å². The Morgan fingerprint density at radius 2 is 2.08 bits per heavy atom. The number of aromatic nitrogens is 3. The minimum absolute atomic E-state index is 0.146. The molecule has 0 spiro atoms. The van der Waals surface area contributed by atoms with Crippen LogP contribution < -0.4 is 9.62 Å². The van der Waals surface area contributed by atoms with Crippen molar-refractivity contribution in [2.24, 2.45) is 5.92 Å². The Bertz CT molecular complexity index is 883. The summed E-state index contributed by atoms with van der Waals surface area (Å²) >= 11 is 0. The van der Waals surface area contributed by atoms with E-state index in [-0.39, 0.29) is 10.8 Å². The second-order valence-corrected chi connectivity index (χ2v) is 8.51. The van der Waals surface area contributed by atoms with E-state index < -0.39 is 10.0 Å². The summed E-state index contributed by atoms with van der Waals surface area (Å²) in [5, 5.41) is 12.3. The van der Waals surface area contributed by atoms with Crippen molar-refractivity contribution in [2.45, 2.75) is 38.0 Å². The maximum Gasteiger partial charge on any atom is 0.245 e. The molecule has 2 aromatic rings. The van der Waals surface area contributed by atoms with Crippen LogP contribution in [0.15, 0.2) is 15.5 Å². The second-order valence-electron chi connectivity index (χ2n) is 6.80. The fourth-order valence-corrected chi connectivity index (χ4v) is 4.96. The van der Waals surface area contributed by atoms with E-state index >= 15 is 0 Å².